The van der Waals surface area contributed by atoms with Crippen LogP contribution in [0.25, 0.3) is 0 Å². The van der Waals surface area contributed by atoms with Crippen LogP contribution in [0, 0.1) is 0 Å². The topological polar surface area (TPSA) is 71.0 Å². The molecule has 4 nitrogen and oxygen atoms in total. The second-order valence-corrected chi connectivity index (χ2v) is 5.59. The third-order valence-corrected chi connectivity index (χ3v) is 3.66. The molecule has 0 amide bonds. The fraction of sp³-hybridized carbons (Fsp3) is 0.0667. The average molecular weight is 320 g/mol. The van der Waals surface area contributed by atoms with Crippen LogP contribution in [0.4, 0.5) is 0 Å². The summed E-state index contributed by atoms with van der Waals surface area (Å²) >= 11 is 7.28. The maximum atomic E-state index is 9.57. The summed E-state index contributed by atoms with van der Waals surface area (Å²) in [5.74, 6) is 0.823. The fourth-order valence-electron chi connectivity index (χ4n) is 1.56. The Bertz CT molecular complexity index is 673. The van der Waals surface area contributed by atoms with Crippen LogP contribution in [-0.2, 0) is 5.75 Å². The number of aromatic hydroxyl groups is 1. The van der Waals surface area contributed by atoms with Crippen LogP contribution in [0.3, 0.4) is 0 Å². The van der Waals surface area contributed by atoms with Crippen molar-refractivity contribution >= 4 is 34.7 Å². The first kappa shape index (κ1) is 15.4. The Morgan fingerprint density at radius 2 is 2.05 bits per heavy atom. The molecule has 0 spiro atoms. The van der Waals surface area contributed by atoms with E-state index in [9.17, 15) is 5.11 Å². The van der Waals surface area contributed by atoms with Gasteiger partial charge < -0.3 is 10.8 Å². The monoisotopic (exact) mass is 319 g/mol. The number of hydrogen-bond acceptors (Lipinski definition) is 4. The van der Waals surface area contributed by atoms with Gasteiger partial charge in [-0.3, -0.25) is 0 Å². The summed E-state index contributed by atoms with van der Waals surface area (Å²) < 4.78 is 0. The van der Waals surface area contributed by atoms with Gasteiger partial charge in [0.15, 0.2) is 5.17 Å². The number of thioether (sulfide) groups is 1. The van der Waals surface area contributed by atoms with Crippen LogP contribution in [0.15, 0.2) is 58.7 Å². The van der Waals surface area contributed by atoms with Crippen molar-refractivity contribution in [1.82, 2.24) is 0 Å². The Kier molecular flexibility index (Phi) is 5.66. The van der Waals surface area contributed by atoms with E-state index in [1.54, 1.807) is 18.2 Å². The molecule has 0 aliphatic heterocycles. The first-order valence-electron chi connectivity index (χ1n) is 6.17. The summed E-state index contributed by atoms with van der Waals surface area (Å²) in [6, 6.07) is 14.4. The van der Waals surface area contributed by atoms with E-state index >= 15 is 0 Å². The van der Waals surface area contributed by atoms with Crippen LogP contribution in [0.1, 0.15) is 11.1 Å². The third-order valence-electron chi connectivity index (χ3n) is 2.57. The summed E-state index contributed by atoms with van der Waals surface area (Å²) in [5, 5.41) is 18.4. The van der Waals surface area contributed by atoms with Gasteiger partial charge >= 0.3 is 0 Å². The lowest BCUT2D eigenvalue weighted by Gasteiger charge is -2.00. The number of amidine groups is 1. The molecule has 0 heterocycles. The molecule has 0 radical (unpaired) electrons. The summed E-state index contributed by atoms with van der Waals surface area (Å²) in [4.78, 5) is 0. The summed E-state index contributed by atoms with van der Waals surface area (Å²) in [5.41, 5.74) is 7.42. The molecule has 0 aliphatic rings. The minimum atomic E-state index is 0.154. The van der Waals surface area contributed by atoms with Gasteiger partial charge in [-0.2, -0.15) is 5.10 Å². The fourth-order valence-corrected chi connectivity index (χ4v) is 2.37. The highest BCUT2D eigenvalue weighted by molar-refractivity contribution is 8.13. The maximum absolute atomic E-state index is 9.57. The highest BCUT2D eigenvalue weighted by Gasteiger charge is 1.98. The molecule has 0 atom stereocenters. The van der Waals surface area contributed by atoms with Gasteiger partial charge in [0.2, 0.25) is 0 Å². The molecule has 0 bridgehead atoms. The Hall–Kier alpha value is -1.98. The lowest BCUT2D eigenvalue weighted by molar-refractivity contribution is 0.474. The van der Waals surface area contributed by atoms with Crippen molar-refractivity contribution in [1.29, 1.82) is 0 Å². The van der Waals surface area contributed by atoms with Crippen molar-refractivity contribution in [2.24, 2.45) is 15.9 Å². The second kappa shape index (κ2) is 7.71. The smallest absolute Gasteiger partial charge is 0.180 e. The molecule has 0 saturated carbocycles. The minimum absolute atomic E-state index is 0.154. The number of benzene rings is 2. The zero-order valence-electron chi connectivity index (χ0n) is 11.1. The number of halogens is 1. The first-order valence-corrected chi connectivity index (χ1v) is 7.53. The number of hydrogen-bond donors (Lipinski definition) is 2. The van der Waals surface area contributed by atoms with E-state index in [-0.39, 0.29) is 5.75 Å². The lowest BCUT2D eigenvalue weighted by atomic mass is 10.2. The van der Waals surface area contributed by atoms with E-state index in [1.165, 1.54) is 18.0 Å². The van der Waals surface area contributed by atoms with E-state index in [0.717, 1.165) is 5.56 Å². The van der Waals surface area contributed by atoms with Gasteiger partial charge in [-0.05, 0) is 29.8 Å². The number of rotatable bonds is 4. The van der Waals surface area contributed by atoms with Gasteiger partial charge in [0.1, 0.15) is 5.75 Å². The Morgan fingerprint density at radius 1 is 1.24 bits per heavy atom. The number of phenolic OH excluding ortho intramolecular Hbond substituents is 1. The highest BCUT2D eigenvalue weighted by atomic mass is 35.5. The quantitative estimate of drug-likeness (QED) is 0.513. The van der Waals surface area contributed by atoms with Crippen molar-refractivity contribution < 1.29 is 5.11 Å². The molecule has 0 fully saturated rings. The first-order chi connectivity index (χ1) is 10.1. The Morgan fingerprint density at radius 3 is 2.81 bits per heavy atom. The molecule has 0 unspecified atom stereocenters. The normalized spacial score (nSPS) is 12.0. The van der Waals surface area contributed by atoms with E-state index in [1.807, 2.05) is 30.3 Å². The number of para-hydroxylation sites is 1. The molecule has 0 aliphatic carbocycles. The van der Waals surface area contributed by atoms with Crippen molar-refractivity contribution in [3.63, 3.8) is 0 Å². The van der Waals surface area contributed by atoms with Gasteiger partial charge in [-0.25, -0.2) is 0 Å². The summed E-state index contributed by atoms with van der Waals surface area (Å²) in [6.45, 7) is 0. The SMILES string of the molecule is N/C(=N\N=C\c1ccccc1O)SCc1cccc(Cl)c1. The van der Waals surface area contributed by atoms with E-state index in [0.29, 0.717) is 21.5 Å². The maximum Gasteiger partial charge on any atom is 0.180 e. The van der Waals surface area contributed by atoms with Crippen LogP contribution in [0.2, 0.25) is 5.02 Å². The minimum Gasteiger partial charge on any atom is -0.507 e. The Labute approximate surface area is 132 Å². The number of nitrogens with zero attached hydrogens (tertiary/aromatic N) is 2. The average Bonchev–Trinajstić information content (AvgIpc) is 2.47. The van der Waals surface area contributed by atoms with Crippen molar-refractivity contribution in [2.75, 3.05) is 0 Å². The Balaban J connectivity index is 1.91. The van der Waals surface area contributed by atoms with E-state index < -0.39 is 0 Å². The molecule has 6 heteroatoms. The van der Waals surface area contributed by atoms with Crippen LogP contribution in [0.5, 0.6) is 5.75 Å². The summed E-state index contributed by atoms with van der Waals surface area (Å²) in [6.07, 6.45) is 1.46. The van der Waals surface area contributed by atoms with Gasteiger partial charge in [-0.1, -0.05) is 47.6 Å². The molecule has 0 aromatic heterocycles. The number of phenols is 1. The van der Waals surface area contributed by atoms with Gasteiger partial charge in [-0.15, -0.1) is 5.10 Å². The van der Waals surface area contributed by atoms with Gasteiger partial charge in [0, 0.05) is 16.3 Å². The molecule has 2 rings (SSSR count). The van der Waals surface area contributed by atoms with Crippen LogP contribution in [-0.4, -0.2) is 16.5 Å². The third kappa shape index (κ3) is 5.13. The molecule has 2 aromatic carbocycles. The zero-order chi connectivity index (χ0) is 15.1. The number of nitrogens with two attached hydrogens (primary N) is 1. The van der Waals surface area contributed by atoms with Crippen LogP contribution >= 0.6 is 23.4 Å². The molecule has 3 N–H and O–H groups in total. The molecule has 2 aromatic rings. The van der Waals surface area contributed by atoms with Crippen molar-refractivity contribution in [3.8, 4) is 5.75 Å². The van der Waals surface area contributed by atoms with E-state index in [4.69, 9.17) is 17.3 Å². The second-order valence-electron chi connectivity index (χ2n) is 4.16. The van der Waals surface area contributed by atoms with Gasteiger partial charge in [0.25, 0.3) is 0 Å². The zero-order valence-corrected chi connectivity index (χ0v) is 12.7. The van der Waals surface area contributed by atoms with Crippen molar-refractivity contribution in [2.45, 2.75) is 5.75 Å². The lowest BCUT2D eigenvalue weighted by Crippen LogP contribution is -2.06. The predicted molar refractivity (Wildman–Crippen MR) is 90.1 cm³/mol. The molecule has 108 valence electrons. The van der Waals surface area contributed by atoms with Gasteiger partial charge in [0.05, 0.1) is 6.21 Å². The highest BCUT2D eigenvalue weighted by Crippen LogP contribution is 2.17. The van der Waals surface area contributed by atoms with Crippen molar-refractivity contribution in [3.05, 3.63) is 64.7 Å². The van der Waals surface area contributed by atoms with Crippen LogP contribution < -0.4 is 5.73 Å². The molecule has 0 saturated heterocycles. The van der Waals surface area contributed by atoms with E-state index in [2.05, 4.69) is 10.2 Å². The standard InChI is InChI=1S/C15H14ClN3OS/c16-13-6-3-4-11(8-13)10-21-15(17)19-18-9-12-5-1-2-7-14(12)20/h1-9,20H,10H2,(H2,17,19)/b18-9+. The predicted octanol–water partition coefficient (Wildman–Crippen LogP) is 3.63. The molecule has 21 heavy (non-hydrogen) atoms. The molecular formula is C15H14ClN3OS. The largest absolute Gasteiger partial charge is 0.507 e. The molecular weight excluding hydrogens is 306 g/mol. The summed E-state index contributed by atoms with van der Waals surface area (Å²) in [7, 11) is 0.